The Hall–Kier alpha value is -4.88. The van der Waals surface area contributed by atoms with Crippen LogP contribution < -0.4 is 15.8 Å². The fraction of sp³-hybridized carbons (Fsp3) is 0.491. The second-order valence-corrected chi connectivity index (χ2v) is 19.7. The van der Waals surface area contributed by atoms with Gasteiger partial charge in [0, 0.05) is 77.9 Å². The molecular formula is C55H70N4O7. The van der Waals surface area contributed by atoms with Crippen molar-refractivity contribution in [1.29, 1.82) is 0 Å². The topological polar surface area (TPSA) is 193 Å². The maximum Gasteiger partial charge on any atom is 0.161 e. The zero-order chi connectivity index (χ0) is 45.7. The molecule has 1 fully saturated rings. The van der Waals surface area contributed by atoms with E-state index in [1.807, 2.05) is 24.4 Å². The molecule has 66 heavy (non-hydrogen) atoms. The Morgan fingerprint density at radius 1 is 0.924 bits per heavy atom. The number of aryl methyl sites for hydroxylation is 4. The first-order chi connectivity index (χ1) is 32.1. The maximum absolute atomic E-state index is 11.4. The first-order valence-corrected chi connectivity index (χ1v) is 24.7. The molecule has 0 saturated heterocycles. The number of hydrogen-bond donors (Lipinski definition) is 9. The Balaban J connectivity index is 0.713. The molecule has 1 saturated carbocycles. The van der Waals surface area contributed by atoms with E-state index in [1.54, 1.807) is 13.0 Å². The highest BCUT2D eigenvalue weighted by Crippen LogP contribution is 2.47. The van der Waals surface area contributed by atoms with Crippen LogP contribution in [0.2, 0.25) is 0 Å². The lowest BCUT2D eigenvalue weighted by molar-refractivity contribution is 0.103. The van der Waals surface area contributed by atoms with E-state index >= 15 is 0 Å². The molecule has 8 unspecified atom stereocenters. The summed E-state index contributed by atoms with van der Waals surface area (Å²) in [7, 11) is 0. The van der Waals surface area contributed by atoms with Crippen molar-refractivity contribution in [1.82, 2.24) is 15.3 Å². The van der Waals surface area contributed by atoms with Gasteiger partial charge in [0.05, 0.1) is 18.8 Å². The van der Waals surface area contributed by atoms with Gasteiger partial charge in [-0.3, -0.25) is 0 Å². The van der Waals surface area contributed by atoms with Gasteiger partial charge in [-0.2, -0.15) is 0 Å². The molecule has 10 N–H and O–H groups in total. The number of aromatic hydroxyl groups is 1. The van der Waals surface area contributed by atoms with Gasteiger partial charge in [0.2, 0.25) is 0 Å². The fourth-order valence-corrected chi connectivity index (χ4v) is 11.5. The Kier molecular flexibility index (Phi) is 14.7. The molecule has 3 heterocycles. The van der Waals surface area contributed by atoms with Crippen molar-refractivity contribution in [3.8, 4) is 11.5 Å². The minimum Gasteiger partial charge on any atom is -0.504 e. The number of phenols is 1. The van der Waals surface area contributed by atoms with Gasteiger partial charge in [0.25, 0.3) is 0 Å². The number of benzene rings is 3. The third-order valence-electron chi connectivity index (χ3n) is 15.0. The highest BCUT2D eigenvalue weighted by molar-refractivity contribution is 6.01. The van der Waals surface area contributed by atoms with E-state index in [-0.39, 0.29) is 30.9 Å². The Morgan fingerprint density at radius 3 is 2.67 bits per heavy atom. The lowest BCUT2D eigenvalue weighted by atomic mass is 9.80. The second-order valence-electron chi connectivity index (χ2n) is 19.7. The van der Waals surface area contributed by atoms with Crippen LogP contribution in [-0.2, 0) is 32.3 Å². The van der Waals surface area contributed by atoms with Crippen LogP contribution in [0.4, 0.5) is 0 Å². The molecule has 0 spiro atoms. The number of unbranched alkanes of at least 4 members (excludes halogenated alkanes) is 3. The molecule has 0 amide bonds. The molecule has 3 aliphatic rings. The SMILES string of the molecule is CC(O)CNCC1c2cc(C(O)COc3cc(CCc4cc(CO)c(CCCCCCC(N)CC5C=Cc6c(ccc7cc8[nH]ccc8cc67)C5O)o4)ccc3O)[nH]c2CCC2CCCC21. The van der Waals surface area contributed by atoms with Crippen LogP contribution in [0.5, 0.6) is 11.5 Å². The molecule has 0 radical (unpaired) electrons. The van der Waals surface area contributed by atoms with Crippen molar-refractivity contribution in [2.24, 2.45) is 23.5 Å². The van der Waals surface area contributed by atoms with Crippen LogP contribution in [0.15, 0.2) is 77.4 Å². The summed E-state index contributed by atoms with van der Waals surface area (Å²) in [6.45, 7) is 3.10. The average Bonchev–Trinajstić information content (AvgIpc) is 4.14. The number of H-pyrrole nitrogens is 2. The van der Waals surface area contributed by atoms with E-state index in [0.717, 1.165) is 120 Å². The van der Waals surface area contributed by atoms with Crippen LogP contribution in [0.3, 0.4) is 0 Å². The lowest BCUT2D eigenvalue weighted by Crippen LogP contribution is -2.32. The molecule has 11 nitrogen and oxygen atoms in total. The summed E-state index contributed by atoms with van der Waals surface area (Å²) in [5.74, 6) is 3.64. The molecule has 0 aliphatic heterocycles. The zero-order valence-corrected chi connectivity index (χ0v) is 38.5. The summed E-state index contributed by atoms with van der Waals surface area (Å²) in [5, 5.41) is 60.4. The third-order valence-corrected chi connectivity index (χ3v) is 15.0. The van der Waals surface area contributed by atoms with Crippen molar-refractivity contribution in [2.45, 2.75) is 134 Å². The summed E-state index contributed by atoms with van der Waals surface area (Å²) in [6.07, 6.45) is 18.0. The minimum absolute atomic E-state index is 0.00451. The molecule has 3 aromatic heterocycles. The molecule has 9 rings (SSSR count). The largest absolute Gasteiger partial charge is 0.504 e. The fourth-order valence-electron chi connectivity index (χ4n) is 11.5. The molecular weight excluding hydrogens is 829 g/mol. The van der Waals surface area contributed by atoms with E-state index in [9.17, 15) is 25.5 Å². The van der Waals surface area contributed by atoms with Gasteiger partial charge in [-0.15, -0.1) is 0 Å². The molecule has 352 valence electrons. The quantitative estimate of drug-likeness (QED) is 0.0317. The predicted molar refractivity (Wildman–Crippen MR) is 261 cm³/mol. The molecule has 11 heteroatoms. The van der Waals surface area contributed by atoms with Crippen molar-refractivity contribution in [3.05, 3.63) is 124 Å². The smallest absolute Gasteiger partial charge is 0.161 e. The average molecular weight is 899 g/mol. The normalized spacial score (nSPS) is 21.7. The van der Waals surface area contributed by atoms with Crippen LogP contribution in [-0.4, -0.2) is 67.3 Å². The first-order valence-electron chi connectivity index (χ1n) is 24.7. The summed E-state index contributed by atoms with van der Waals surface area (Å²) in [4.78, 5) is 6.83. The highest BCUT2D eigenvalue weighted by Gasteiger charge is 2.38. The van der Waals surface area contributed by atoms with Gasteiger partial charge in [0.15, 0.2) is 11.5 Å². The van der Waals surface area contributed by atoms with Crippen molar-refractivity contribution in [3.63, 3.8) is 0 Å². The number of nitrogens with two attached hydrogens (primary N) is 1. The number of aromatic nitrogens is 2. The predicted octanol–water partition coefficient (Wildman–Crippen LogP) is 9.34. The maximum atomic E-state index is 11.4. The van der Waals surface area contributed by atoms with Crippen molar-refractivity contribution < 1.29 is 34.7 Å². The number of aromatic amines is 2. The molecule has 6 aromatic rings. The number of aliphatic hydroxyl groups excluding tert-OH is 4. The van der Waals surface area contributed by atoms with Gasteiger partial charge in [-0.25, -0.2) is 0 Å². The number of hydrogen-bond acceptors (Lipinski definition) is 9. The standard InChI is InChI=1S/C55H70N4O7/c1-33(61)29-57-30-47-42-9-6-7-35(42)15-19-48-46(47)28-50(59-48)52(63)32-65-54-23-34(12-20-51(54)62)11-16-41-25-39(31-60)53(66-41)10-5-3-2-4-8-40(56)24-38-14-17-43-44(55(38)64)18-13-36-27-49-37(21-22-58-49)26-45(36)43/h12-14,17-18,20-23,25-28,33,35,38,40,42,47,52,55,57-64H,2-11,15-16,19,24,29-32,56H2,1H3. The van der Waals surface area contributed by atoms with Crippen molar-refractivity contribution in [2.75, 3.05) is 19.7 Å². The first kappa shape index (κ1) is 46.2. The van der Waals surface area contributed by atoms with E-state index in [2.05, 4.69) is 63.8 Å². The number of fused-ring (bicyclic) bond motifs is 6. The number of ether oxygens (including phenoxy) is 1. The Morgan fingerprint density at radius 2 is 1.80 bits per heavy atom. The molecule has 3 aromatic carbocycles. The summed E-state index contributed by atoms with van der Waals surface area (Å²) in [5.41, 5.74) is 14.8. The highest BCUT2D eigenvalue weighted by atomic mass is 16.5. The summed E-state index contributed by atoms with van der Waals surface area (Å²) >= 11 is 0. The lowest BCUT2D eigenvalue weighted by Gasteiger charge is -2.28. The Bertz CT molecular complexity index is 2590. The van der Waals surface area contributed by atoms with Gasteiger partial charge in [0.1, 0.15) is 24.2 Å². The summed E-state index contributed by atoms with van der Waals surface area (Å²) < 4.78 is 12.3. The number of rotatable bonds is 21. The number of furan rings is 1. The number of aliphatic hydroxyl groups is 4. The minimum atomic E-state index is -0.890. The second kappa shape index (κ2) is 21.0. The molecule has 3 aliphatic carbocycles. The van der Waals surface area contributed by atoms with E-state index < -0.39 is 18.3 Å². The van der Waals surface area contributed by atoms with Crippen molar-refractivity contribution >= 4 is 27.8 Å². The molecule has 0 bridgehead atoms. The van der Waals surface area contributed by atoms with E-state index in [1.165, 1.54) is 35.9 Å². The van der Waals surface area contributed by atoms with Gasteiger partial charge in [-0.05, 0) is 139 Å². The zero-order valence-electron chi connectivity index (χ0n) is 38.5. The van der Waals surface area contributed by atoms with E-state index in [0.29, 0.717) is 42.9 Å². The number of phenolic OH excluding ortho intramolecular Hbond substituents is 1. The van der Waals surface area contributed by atoms with Gasteiger partial charge in [-0.1, -0.05) is 62.5 Å². The monoisotopic (exact) mass is 899 g/mol. The summed E-state index contributed by atoms with van der Waals surface area (Å²) in [6, 6.07) is 20.0. The van der Waals surface area contributed by atoms with Gasteiger partial charge >= 0.3 is 0 Å². The van der Waals surface area contributed by atoms with Crippen LogP contribution in [0.25, 0.3) is 27.8 Å². The third kappa shape index (κ3) is 10.5. The van der Waals surface area contributed by atoms with Gasteiger partial charge < -0.3 is 55.7 Å². The van der Waals surface area contributed by atoms with Crippen LogP contribution in [0, 0.1) is 17.8 Å². The van der Waals surface area contributed by atoms with E-state index in [4.69, 9.17) is 14.9 Å². The van der Waals surface area contributed by atoms with Crippen LogP contribution >= 0.6 is 0 Å². The number of nitrogens with one attached hydrogen (secondary N) is 3. The Labute approximate surface area is 388 Å². The van der Waals surface area contributed by atoms with Crippen LogP contribution in [0.1, 0.15) is 140 Å². The molecule has 8 atom stereocenters.